The summed E-state index contributed by atoms with van der Waals surface area (Å²) in [6.45, 7) is 2.84. The fourth-order valence-corrected chi connectivity index (χ4v) is 2.48. The van der Waals surface area contributed by atoms with Crippen LogP contribution in [-0.2, 0) is 14.3 Å². The molecule has 0 aliphatic carbocycles. The van der Waals surface area contributed by atoms with E-state index in [2.05, 4.69) is 11.7 Å². The van der Waals surface area contributed by atoms with Gasteiger partial charge in [-0.1, -0.05) is 56.9 Å². The van der Waals surface area contributed by atoms with E-state index in [9.17, 15) is 14.7 Å². The molecule has 0 heterocycles. The molecule has 0 fully saturated rings. The lowest BCUT2D eigenvalue weighted by atomic mass is 10.1. The van der Waals surface area contributed by atoms with Gasteiger partial charge in [0.15, 0.2) is 0 Å². The number of ether oxygens (including phenoxy) is 1. The van der Waals surface area contributed by atoms with Crippen molar-refractivity contribution in [2.45, 2.75) is 77.2 Å². The molecule has 5 nitrogen and oxygen atoms in total. The van der Waals surface area contributed by atoms with Crippen LogP contribution in [0.4, 0.5) is 0 Å². The summed E-state index contributed by atoms with van der Waals surface area (Å²) in [5, 5.41) is 9.76. The van der Waals surface area contributed by atoms with Crippen LogP contribution in [0.25, 0.3) is 0 Å². The van der Waals surface area contributed by atoms with Gasteiger partial charge in [0.2, 0.25) is 5.91 Å². The lowest BCUT2D eigenvalue weighted by Gasteiger charge is -2.15. The lowest BCUT2D eigenvalue weighted by Crippen LogP contribution is -2.27. The van der Waals surface area contributed by atoms with Crippen LogP contribution in [0.3, 0.4) is 0 Å². The summed E-state index contributed by atoms with van der Waals surface area (Å²) in [6.07, 6.45) is 15.6. The van der Waals surface area contributed by atoms with Gasteiger partial charge in [0.1, 0.15) is 0 Å². The Hall–Kier alpha value is -1.62. The average Bonchev–Trinajstić information content (AvgIpc) is 2.63. The monoisotopic (exact) mass is 367 g/mol. The quantitative estimate of drug-likeness (QED) is 0.270. The molecule has 0 aromatic carbocycles. The van der Waals surface area contributed by atoms with Crippen molar-refractivity contribution in [3.05, 3.63) is 24.3 Å². The molecule has 0 saturated heterocycles. The van der Waals surface area contributed by atoms with Crippen molar-refractivity contribution in [2.24, 2.45) is 0 Å². The smallest absolute Gasteiger partial charge is 0.305 e. The van der Waals surface area contributed by atoms with Crippen LogP contribution in [-0.4, -0.2) is 48.7 Å². The molecule has 0 rings (SSSR count). The second-order valence-electron chi connectivity index (χ2n) is 6.62. The Morgan fingerprint density at radius 3 is 2.50 bits per heavy atom. The molecule has 5 heteroatoms. The zero-order valence-corrected chi connectivity index (χ0v) is 16.8. The molecule has 0 aromatic rings. The van der Waals surface area contributed by atoms with Gasteiger partial charge in [-0.3, -0.25) is 9.59 Å². The van der Waals surface area contributed by atoms with Crippen LogP contribution < -0.4 is 0 Å². The number of allylic oxidation sites excluding steroid dienone is 2. The Bertz CT molecular complexity index is 432. The van der Waals surface area contributed by atoms with Crippen LogP contribution >= 0.6 is 0 Å². The summed E-state index contributed by atoms with van der Waals surface area (Å²) in [5.74, 6) is -0.0545. The van der Waals surface area contributed by atoms with Crippen molar-refractivity contribution in [1.82, 2.24) is 4.90 Å². The zero-order chi connectivity index (χ0) is 19.6. The third kappa shape index (κ3) is 14.7. The molecule has 0 saturated carbocycles. The Morgan fingerprint density at radius 2 is 1.81 bits per heavy atom. The fraction of sp³-hybridized carbons (Fsp3) is 0.714. The minimum absolute atomic E-state index is 0.137. The molecule has 1 amide bonds. The van der Waals surface area contributed by atoms with Crippen LogP contribution in [0.15, 0.2) is 24.3 Å². The Morgan fingerprint density at radius 1 is 1.08 bits per heavy atom. The van der Waals surface area contributed by atoms with Gasteiger partial charge >= 0.3 is 5.97 Å². The maximum Gasteiger partial charge on any atom is 0.305 e. The van der Waals surface area contributed by atoms with Crippen LogP contribution in [0.5, 0.6) is 0 Å². The molecule has 1 N–H and O–H groups in total. The summed E-state index contributed by atoms with van der Waals surface area (Å²) in [4.78, 5) is 24.7. The topological polar surface area (TPSA) is 66.8 Å². The molecular formula is C21H37NO4. The van der Waals surface area contributed by atoms with E-state index in [1.165, 1.54) is 7.11 Å². The number of aliphatic hydroxyl groups is 1. The number of rotatable bonds is 15. The van der Waals surface area contributed by atoms with E-state index < -0.39 is 0 Å². The predicted octanol–water partition coefficient (Wildman–Crippen LogP) is 4.01. The molecule has 1 atom stereocenters. The fourth-order valence-electron chi connectivity index (χ4n) is 2.48. The predicted molar refractivity (Wildman–Crippen MR) is 106 cm³/mol. The largest absolute Gasteiger partial charge is 0.469 e. The number of aliphatic hydroxyl groups excluding tert-OH is 1. The van der Waals surface area contributed by atoms with Gasteiger partial charge < -0.3 is 14.7 Å². The first-order chi connectivity index (χ1) is 12.5. The van der Waals surface area contributed by atoms with Gasteiger partial charge in [0.05, 0.1) is 13.2 Å². The highest BCUT2D eigenvalue weighted by Crippen LogP contribution is 2.06. The van der Waals surface area contributed by atoms with Crippen LogP contribution in [0.2, 0.25) is 0 Å². The molecular weight excluding hydrogens is 330 g/mol. The molecule has 0 unspecified atom stereocenters. The van der Waals surface area contributed by atoms with E-state index >= 15 is 0 Å². The van der Waals surface area contributed by atoms with Crippen molar-refractivity contribution in [3.8, 4) is 0 Å². The summed E-state index contributed by atoms with van der Waals surface area (Å²) in [5.41, 5.74) is 0. The van der Waals surface area contributed by atoms with E-state index in [1.807, 2.05) is 31.4 Å². The Balaban J connectivity index is 3.74. The molecule has 26 heavy (non-hydrogen) atoms. The van der Waals surface area contributed by atoms with Gasteiger partial charge in [-0.05, 0) is 25.7 Å². The van der Waals surface area contributed by atoms with E-state index in [0.29, 0.717) is 19.4 Å². The normalized spacial score (nSPS) is 12.6. The Kier molecular flexibility index (Phi) is 15.8. The Labute approximate surface area is 159 Å². The maximum atomic E-state index is 12.0. The maximum absolute atomic E-state index is 12.0. The highest BCUT2D eigenvalue weighted by molar-refractivity contribution is 5.75. The summed E-state index contributed by atoms with van der Waals surface area (Å²) < 4.78 is 4.58. The zero-order valence-electron chi connectivity index (χ0n) is 16.8. The van der Waals surface area contributed by atoms with E-state index in [-0.39, 0.29) is 18.0 Å². The standard InChI is InChI=1S/C21H37NO4/c1-4-5-9-14-19(23)15-10-6-7-13-18-22(2)20(24)16-11-8-12-17-21(25)26-3/h6-7,10,15,19,23H,4-5,8-9,11-14,16-18H2,1-3H3/b7-6-,15-10+/t19-/m0/s1. The van der Waals surface area contributed by atoms with E-state index in [0.717, 1.165) is 51.4 Å². The van der Waals surface area contributed by atoms with Gasteiger partial charge in [-0.25, -0.2) is 0 Å². The number of esters is 1. The van der Waals surface area contributed by atoms with Gasteiger partial charge in [0, 0.05) is 26.4 Å². The second-order valence-corrected chi connectivity index (χ2v) is 6.62. The molecule has 0 aliphatic rings. The molecule has 0 radical (unpaired) electrons. The van der Waals surface area contributed by atoms with E-state index in [4.69, 9.17) is 0 Å². The van der Waals surface area contributed by atoms with E-state index in [1.54, 1.807) is 4.90 Å². The lowest BCUT2D eigenvalue weighted by molar-refractivity contribution is -0.140. The summed E-state index contributed by atoms with van der Waals surface area (Å²) in [7, 11) is 3.21. The molecule has 0 bridgehead atoms. The number of carbonyl (C=O) groups is 2. The number of unbranched alkanes of at least 4 members (excludes halogenated alkanes) is 4. The minimum atomic E-state index is -0.366. The van der Waals surface area contributed by atoms with Crippen LogP contribution in [0.1, 0.15) is 71.1 Å². The molecule has 0 aliphatic heterocycles. The van der Waals surface area contributed by atoms with Crippen molar-refractivity contribution < 1.29 is 19.4 Å². The molecule has 150 valence electrons. The van der Waals surface area contributed by atoms with Crippen LogP contribution in [0, 0.1) is 0 Å². The highest BCUT2D eigenvalue weighted by Gasteiger charge is 2.07. The molecule has 0 spiro atoms. The number of amides is 1. The number of nitrogens with zero attached hydrogens (tertiary/aromatic N) is 1. The van der Waals surface area contributed by atoms with Gasteiger partial charge in [-0.15, -0.1) is 0 Å². The first-order valence-corrected chi connectivity index (χ1v) is 9.83. The minimum Gasteiger partial charge on any atom is -0.469 e. The number of hydrogen-bond acceptors (Lipinski definition) is 4. The molecule has 0 aromatic heterocycles. The third-order valence-electron chi connectivity index (χ3n) is 4.24. The number of methoxy groups -OCH3 is 1. The SMILES string of the molecule is CCCCC[C@H](O)/C=C/C=C\CCN(C)C(=O)CCCCCC(=O)OC. The van der Waals surface area contributed by atoms with Crippen molar-refractivity contribution in [3.63, 3.8) is 0 Å². The first kappa shape index (κ1) is 24.4. The highest BCUT2D eigenvalue weighted by atomic mass is 16.5. The second kappa shape index (κ2) is 16.8. The first-order valence-electron chi connectivity index (χ1n) is 9.83. The third-order valence-corrected chi connectivity index (χ3v) is 4.24. The number of carbonyl (C=O) groups excluding carboxylic acids is 2. The van der Waals surface area contributed by atoms with Gasteiger partial charge in [-0.2, -0.15) is 0 Å². The van der Waals surface area contributed by atoms with Crippen molar-refractivity contribution in [2.75, 3.05) is 20.7 Å². The average molecular weight is 368 g/mol. The number of hydrogen-bond donors (Lipinski definition) is 1. The van der Waals surface area contributed by atoms with Crippen molar-refractivity contribution in [1.29, 1.82) is 0 Å². The summed E-state index contributed by atoms with van der Waals surface area (Å²) in [6, 6.07) is 0. The summed E-state index contributed by atoms with van der Waals surface area (Å²) >= 11 is 0. The van der Waals surface area contributed by atoms with Crippen molar-refractivity contribution >= 4 is 11.9 Å². The van der Waals surface area contributed by atoms with Gasteiger partial charge in [0.25, 0.3) is 0 Å².